The molecule has 0 saturated carbocycles. The molecule has 1 aliphatic rings. The lowest BCUT2D eigenvalue weighted by Gasteiger charge is -2.33. The lowest BCUT2D eigenvalue weighted by Crippen LogP contribution is -2.34. The van der Waals surface area contributed by atoms with Crippen LogP contribution < -0.4 is 5.32 Å². The lowest BCUT2D eigenvalue weighted by atomic mass is 9.89. The molecule has 1 heterocycles. The van der Waals surface area contributed by atoms with Crippen molar-refractivity contribution in [1.29, 1.82) is 0 Å². The third-order valence-electron chi connectivity index (χ3n) is 4.07. The molecule has 2 nitrogen and oxygen atoms in total. The van der Waals surface area contributed by atoms with Gasteiger partial charge in [-0.15, -0.1) is 0 Å². The van der Waals surface area contributed by atoms with E-state index in [1.165, 1.54) is 0 Å². The molecule has 0 aromatic heterocycles. The van der Waals surface area contributed by atoms with E-state index in [9.17, 15) is 13.2 Å². The summed E-state index contributed by atoms with van der Waals surface area (Å²) in [5.74, 6) is -3.35. The molecule has 2 unspecified atom stereocenters. The predicted octanol–water partition coefficient (Wildman–Crippen LogP) is 3.10. The van der Waals surface area contributed by atoms with E-state index >= 15 is 0 Å². The van der Waals surface area contributed by atoms with Gasteiger partial charge in [-0.2, -0.15) is 0 Å². The van der Waals surface area contributed by atoms with Crippen molar-refractivity contribution < 1.29 is 13.2 Å². The molecule has 2 atom stereocenters. The molecule has 1 saturated heterocycles. The minimum absolute atomic E-state index is 0.0884. The van der Waals surface area contributed by atoms with Crippen LogP contribution >= 0.6 is 0 Å². The van der Waals surface area contributed by atoms with Crippen LogP contribution in [0.2, 0.25) is 0 Å². The molecule has 20 heavy (non-hydrogen) atoms. The predicted molar refractivity (Wildman–Crippen MR) is 73.0 cm³/mol. The largest absolute Gasteiger partial charge is 0.319 e. The van der Waals surface area contributed by atoms with Crippen molar-refractivity contribution >= 4 is 0 Å². The zero-order valence-corrected chi connectivity index (χ0v) is 11.9. The molecule has 112 valence electrons. The monoisotopic (exact) mass is 286 g/mol. The van der Waals surface area contributed by atoms with Gasteiger partial charge in [0.2, 0.25) is 0 Å². The van der Waals surface area contributed by atoms with E-state index in [2.05, 4.69) is 10.2 Å². The molecule has 0 spiro atoms. The zero-order valence-electron chi connectivity index (χ0n) is 11.9. The van der Waals surface area contributed by atoms with Gasteiger partial charge in [-0.1, -0.05) is 6.42 Å². The van der Waals surface area contributed by atoms with Crippen molar-refractivity contribution in [1.82, 2.24) is 10.2 Å². The average Bonchev–Trinajstić information content (AvgIpc) is 2.58. The Hall–Kier alpha value is -1.07. The highest BCUT2D eigenvalue weighted by Gasteiger charge is 2.30. The first kappa shape index (κ1) is 15.3. The maximum atomic E-state index is 13.5. The Bertz CT molecular complexity index is 441. The highest BCUT2D eigenvalue weighted by Crippen LogP contribution is 2.35. The molecule has 0 radical (unpaired) electrons. The molecule has 0 bridgehead atoms. The van der Waals surface area contributed by atoms with Gasteiger partial charge in [0.05, 0.1) is 0 Å². The van der Waals surface area contributed by atoms with Crippen molar-refractivity contribution in [3.8, 4) is 0 Å². The minimum atomic E-state index is -1.39. The number of nitrogens with one attached hydrogen (secondary N) is 1. The quantitative estimate of drug-likeness (QED) is 0.859. The van der Waals surface area contributed by atoms with Gasteiger partial charge in [-0.25, -0.2) is 13.2 Å². The van der Waals surface area contributed by atoms with Crippen molar-refractivity contribution in [2.75, 3.05) is 27.2 Å². The Morgan fingerprint density at radius 3 is 2.45 bits per heavy atom. The summed E-state index contributed by atoms with van der Waals surface area (Å²) in [7, 11) is 3.82. The van der Waals surface area contributed by atoms with Gasteiger partial charge in [0.15, 0.2) is 17.5 Å². The lowest BCUT2D eigenvalue weighted by molar-refractivity contribution is 0.189. The van der Waals surface area contributed by atoms with Gasteiger partial charge in [0.25, 0.3) is 0 Å². The number of benzene rings is 1. The van der Waals surface area contributed by atoms with Crippen LogP contribution in [0.4, 0.5) is 13.2 Å². The first-order valence-electron chi connectivity index (χ1n) is 7.04. The van der Waals surface area contributed by atoms with Crippen LogP contribution in [-0.2, 0) is 0 Å². The van der Waals surface area contributed by atoms with E-state index in [0.29, 0.717) is 5.56 Å². The minimum Gasteiger partial charge on any atom is -0.319 e. The summed E-state index contributed by atoms with van der Waals surface area (Å²) in [4.78, 5) is 2.11. The fourth-order valence-corrected chi connectivity index (χ4v) is 3.17. The second-order valence-electron chi connectivity index (χ2n) is 5.54. The smallest absolute Gasteiger partial charge is 0.194 e. The maximum absolute atomic E-state index is 13.5. The fourth-order valence-electron chi connectivity index (χ4n) is 3.17. The molecule has 1 aromatic carbocycles. The van der Waals surface area contributed by atoms with Crippen molar-refractivity contribution in [2.45, 2.75) is 25.3 Å². The Balaban J connectivity index is 2.38. The number of rotatable bonds is 3. The van der Waals surface area contributed by atoms with E-state index in [0.717, 1.165) is 44.5 Å². The van der Waals surface area contributed by atoms with Gasteiger partial charge in [0, 0.05) is 6.04 Å². The normalized spacial score (nSPS) is 24.6. The summed E-state index contributed by atoms with van der Waals surface area (Å²) in [6.45, 7) is 1.65. The van der Waals surface area contributed by atoms with Crippen molar-refractivity contribution in [3.05, 3.63) is 35.1 Å². The fraction of sp³-hybridized carbons (Fsp3) is 0.600. The van der Waals surface area contributed by atoms with Gasteiger partial charge in [0.1, 0.15) is 0 Å². The number of halogens is 3. The molecule has 1 aliphatic heterocycles. The molecule has 5 heteroatoms. The molecule has 1 N–H and O–H groups in total. The standard InChI is InChI=1S/C15H21F3N2/c1-19-9-10-5-3-4-6-20(2)15(10)11-7-12(16)14(18)13(17)8-11/h7-8,10,15,19H,3-6,9H2,1-2H3. The highest BCUT2D eigenvalue weighted by molar-refractivity contribution is 5.24. The second-order valence-corrected chi connectivity index (χ2v) is 5.54. The summed E-state index contributed by atoms with van der Waals surface area (Å²) in [5.41, 5.74) is 0.519. The van der Waals surface area contributed by atoms with Crippen LogP contribution in [0.5, 0.6) is 0 Å². The van der Waals surface area contributed by atoms with Crippen LogP contribution in [0.25, 0.3) is 0 Å². The molecule has 1 fully saturated rings. The summed E-state index contributed by atoms with van der Waals surface area (Å²) in [5, 5.41) is 3.14. The summed E-state index contributed by atoms with van der Waals surface area (Å²) in [6.07, 6.45) is 3.16. The molecular weight excluding hydrogens is 265 g/mol. The Labute approximate surface area is 118 Å². The number of hydrogen-bond donors (Lipinski definition) is 1. The summed E-state index contributed by atoms with van der Waals surface area (Å²) >= 11 is 0. The van der Waals surface area contributed by atoms with Gasteiger partial charge < -0.3 is 5.32 Å². The molecule has 0 amide bonds. The molecule has 1 aromatic rings. The summed E-state index contributed by atoms with van der Waals surface area (Å²) < 4.78 is 40.1. The Kier molecular flexibility index (Phi) is 5.05. The average molecular weight is 286 g/mol. The van der Waals surface area contributed by atoms with Crippen LogP contribution in [-0.4, -0.2) is 32.1 Å². The third-order valence-corrected chi connectivity index (χ3v) is 4.07. The van der Waals surface area contributed by atoms with Gasteiger partial charge in [-0.3, -0.25) is 4.90 Å². The zero-order chi connectivity index (χ0) is 14.7. The first-order valence-corrected chi connectivity index (χ1v) is 7.04. The number of likely N-dealkylation sites (tertiary alicyclic amines) is 1. The summed E-state index contributed by atoms with van der Waals surface area (Å²) in [6, 6.07) is 2.18. The second kappa shape index (κ2) is 6.59. The van der Waals surface area contributed by atoms with Gasteiger partial charge in [-0.05, 0) is 63.6 Å². The Morgan fingerprint density at radius 2 is 1.85 bits per heavy atom. The van der Waals surface area contributed by atoms with E-state index in [-0.39, 0.29) is 12.0 Å². The highest BCUT2D eigenvalue weighted by atomic mass is 19.2. The van der Waals surface area contributed by atoms with Crippen molar-refractivity contribution in [2.24, 2.45) is 5.92 Å². The molecule has 0 aliphatic carbocycles. The number of hydrogen-bond acceptors (Lipinski definition) is 2. The topological polar surface area (TPSA) is 15.3 Å². The molecule has 2 rings (SSSR count). The third kappa shape index (κ3) is 3.15. The van der Waals surface area contributed by atoms with Crippen molar-refractivity contribution in [3.63, 3.8) is 0 Å². The van der Waals surface area contributed by atoms with E-state index in [1.807, 2.05) is 14.1 Å². The van der Waals surface area contributed by atoms with Crippen LogP contribution in [0, 0.1) is 23.4 Å². The van der Waals surface area contributed by atoms with E-state index < -0.39 is 17.5 Å². The Morgan fingerprint density at radius 1 is 1.20 bits per heavy atom. The van der Waals surface area contributed by atoms with E-state index in [4.69, 9.17) is 0 Å². The van der Waals surface area contributed by atoms with E-state index in [1.54, 1.807) is 0 Å². The SMILES string of the molecule is CNCC1CCCCN(C)C1c1cc(F)c(F)c(F)c1. The van der Waals surface area contributed by atoms with Gasteiger partial charge >= 0.3 is 0 Å². The first-order chi connectivity index (χ1) is 9.54. The van der Waals surface area contributed by atoms with Crippen LogP contribution in [0.1, 0.15) is 30.9 Å². The van der Waals surface area contributed by atoms with Crippen LogP contribution in [0.15, 0.2) is 12.1 Å². The number of nitrogens with zero attached hydrogens (tertiary/aromatic N) is 1. The molecular formula is C15H21F3N2. The maximum Gasteiger partial charge on any atom is 0.194 e. The van der Waals surface area contributed by atoms with Crippen LogP contribution in [0.3, 0.4) is 0 Å².